The van der Waals surface area contributed by atoms with E-state index in [1.54, 1.807) is 12.1 Å². The van der Waals surface area contributed by atoms with Gasteiger partial charge in [-0.1, -0.05) is 24.3 Å². The van der Waals surface area contributed by atoms with Crippen molar-refractivity contribution in [2.24, 2.45) is 0 Å². The molecule has 0 aliphatic carbocycles. The average molecular weight is 408 g/mol. The molecular formula is C20H12N2O4S2. The molecule has 0 saturated heterocycles. The first-order valence-electron chi connectivity index (χ1n) is 8.20. The van der Waals surface area contributed by atoms with Crippen LogP contribution in [0.15, 0.2) is 70.8 Å². The number of non-ortho nitro benzene ring substituents is 1. The number of anilines is 1. The van der Waals surface area contributed by atoms with Crippen molar-refractivity contribution < 1.29 is 9.72 Å². The number of nitro benzene ring substituents is 1. The van der Waals surface area contributed by atoms with Crippen LogP contribution in [0.5, 0.6) is 0 Å². The zero-order valence-electron chi connectivity index (χ0n) is 14.2. The van der Waals surface area contributed by atoms with E-state index in [1.807, 2.05) is 29.6 Å². The molecule has 4 aromatic rings. The molecule has 2 heterocycles. The first-order chi connectivity index (χ1) is 13.5. The molecule has 0 saturated carbocycles. The largest absolute Gasteiger partial charge is 0.313 e. The molecule has 0 unspecified atom stereocenters. The predicted molar refractivity (Wildman–Crippen MR) is 112 cm³/mol. The van der Waals surface area contributed by atoms with E-state index in [4.69, 9.17) is 0 Å². The number of nitrogens with zero attached hydrogens (tertiary/aromatic N) is 1. The van der Waals surface area contributed by atoms with Crippen molar-refractivity contribution in [2.45, 2.75) is 0 Å². The zero-order chi connectivity index (χ0) is 19.7. The Bertz CT molecular complexity index is 1260. The molecule has 2 aromatic heterocycles. The lowest BCUT2D eigenvalue weighted by molar-refractivity contribution is -0.384. The smallest absolute Gasteiger partial charge is 0.270 e. The molecule has 0 radical (unpaired) electrons. The third-order valence-corrected chi connectivity index (χ3v) is 6.09. The van der Waals surface area contributed by atoms with E-state index < -0.39 is 10.8 Å². The van der Waals surface area contributed by atoms with Gasteiger partial charge in [0.25, 0.3) is 11.6 Å². The first kappa shape index (κ1) is 18.0. The van der Waals surface area contributed by atoms with Gasteiger partial charge in [-0.3, -0.25) is 19.7 Å². The topological polar surface area (TPSA) is 89.3 Å². The van der Waals surface area contributed by atoms with Crippen LogP contribution < -0.4 is 10.7 Å². The maximum absolute atomic E-state index is 13.1. The molecule has 0 aliphatic heterocycles. The Kier molecular flexibility index (Phi) is 4.72. The summed E-state index contributed by atoms with van der Waals surface area (Å²) in [6, 6.07) is 16.4. The minimum absolute atomic E-state index is 0.152. The normalized spacial score (nSPS) is 10.7. The molecular weight excluding hydrogens is 396 g/mol. The number of fused-ring (bicyclic) bond motifs is 1. The number of carbonyl (C=O) groups excluding carboxylic acids is 1. The van der Waals surface area contributed by atoms with Crippen molar-refractivity contribution in [3.63, 3.8) is 0 Å². The number of thiophene rings is 1. The van der Waals surface area contributed by atoms with Crippen molar-refractivity contribution >= 4 is 49.4 Å². The van der Waals surface area contributed by atoms with E-state index >= 15 is 0 Å². The van der Waals surface area contributed by atoms with Gasteiger partial charge in [-0.2, -0.15) is 0 Å². The summed E-state index contributed by atoms with van der Waals surface area (Å²) in [7, 11) is 0. The second-order valence-corrected chi connectivity index (χ2v) is 7.87. The summed E-state index contributed by atoms with van der Waals surface area (Å²) in [4.78, 5) is 37.0. The maximum atomic E-state index is 13.1. The molecule has 0 fully saturated rings. The molecule has 1 N–H and O–H groups in total. The Morgan fingerprint density at radius 2 is 1.86 bits per heavy atom. The average Bonchev–Trinajstić information content (AvgIpc) is 3.22. The van der Waals surface area contributed by atoms with Gasteiger partial charge in [0.05, 0.1) is 10.5 Å². The maximum Gasteiger partial charge on any atom is 0.270 e. The minimum atomic E-state index is -0.553. The van der Waals surface area contributed by atoms with E-state index in [9.17, 15) is 19.7 Å². The van der Waals surface area contributed by atoms with E-state index in [0.29, 0.717) is 16.0 Å². The molecule has 0 atom stereocenters. The van der Waals surface area contributed by atoms with Gasteiger partial charge >= 0.3 is 0 Å². The highest BCUT2D eigenvalue weighted by atomic mass is 32.1. The van der Waals surface area contributed by atoms with Crippen LogP contribution in [0, 0.1) is 10.1 Å². The van der Waals surface area contributed by atoms with Crippen molar-refractivity contribution in [1.82, 2.24) is 0 Å². The second kappa shape index (κ2) is 7.34. The number of nitro groups is 1. The fourth-order valence-electron chi connectivity index (χ4n) is 2.81. The second-order valence-electron chi connectivity index (χ2n) is 5.87. The summed E-state index contributed by atoms with van der Waals surface area (Å²) in [5, 5.41) is 16.6. The summed E-state index contributed by atoms with van der Waals surface area (Å²) < 4.78 is 0.752. The SMILES string of the molecule is O=C(Nc1sc2ccccc2c(=O)c1-c1cccs1)c1cccc([N+](=O)[O-])c1. The highest BCUT2D eigenvalue weighted by Crippen LogP contribution is 2.35. The summed E-state index contributed by atoms with van der Waals surface area (Å²) >= 11 is 2.71. The predicted octanol–water partition coefficient (Wildman–Crippen LogP) is 5.15. The van der Waals surface area contributed by atoms with Crippen LogP contribution in [-0.2, 0) is 0 Å². The van der Waals surface area contributed by atoms with E-state index in [0.717, 1.165) is 9.58 Å². The van der Waals surface area contributed by atoms with Crippen LogP contribution in [-0.4, -0.2) is 10.8 Å². The number of carbonyl (C=O) groups is 1. The highest BCUT2D eigenvalue weighted by Gasteiger charge is 2.19. The van der Waals surface area contributed by atoms with E-state index in [2.05, 4.69) is 5.32 Å². The third-order valence-electron chi connectivity index (χ3n) is 4.11. The fraction of sp³-hybridized carbons (Fsp3) is 0. The van der Waals surface area contributed by atoms with Crippen molar-refractivity contribution in [3.8, 4) is 10.4 Å². The van der Waals surface area contributed by atoms with Crippen LogP contribution in [0.1, 0.15) is 10.4 Å². The lowest BCUT2D eigenvalue weighted by Gasteiger charge is -2.10. The molecule has 1 amide bonds. The molecule has 0 aliphatic rings. The summed E-state index contributed by atoms with van der Waals surface area (Å²) in [6.07, 6.45) is 0. The van der Waals surface area contributed by atoms with Gasteiger partial charge in [0, 0.05) is 32.7 Å². The molecule has 0 spiro atoms. The highest BCUT2D eigenvalue weighted by molar-refractivity contribution is 7.23. The standard InChI is InChI=1S/C20H12N2O4S2/c23-18-14-7-1-2-8-15(14)28-20(17(18)16-9-4-10-27-16)21-19(24)12-5-3-6-13(11-12)22(25)26/h1-11H,(H,21,24). The van der Waals surface area contributed by atoms with Crippen molar-refractivity contribution in [1.29, 1.82) is 0 Å². The van der Waals surface area contributed by atoms with Crippen LogP contribution in [0.3, 0.4) is 0 Å². The van der Waals surface area contributed by atoms with Gasteiger partial charge in [-0.15, -0.1) is 22.7 Å². The third kappa shape index (κ3) is 3.30. The Labute approximate surface area is 166 Å². The van der Waals surface area contributed by atoms with Crippen LogP contribution in [0.2, 0.25) is 0 Å². The molecule has 138 valence electrons. The molecule has 6 nitrogen and oxygen atoms in total. The molecule has 0 bridgehead atoms. The van der Waals surface area contributed by atoms with Gasteiger partial charge in [-0.05, 0) is 29.6 Å². The first-order valence-corrected chi connectivity index (χ1v) is 9.90. The Hall–Kier alpha value is -3.36. The number of nitrogens with one attached hydrogen (secondary N) is 1. The van der Waals surface area contributed by atoms with E-state index in [1.165, 1.54) is 46.9 Å². The fourth-order valence-corrected chi connectivity index (χ4v) is 4.73. The van der Waals surface area contributed by atoms with Crippen molar-refractivity contribution in [2.75, 3.05) is 5.32 Å². The summed E-state index contributed by atoms with van der Waals surface area (Å²) in [5.74, 6) is -0.507. The van der Waals surface area contributed by atoms with Crippen LogP contribution in [0.4, 0.5) is 10.7 Å². The lowest BCUT2D eigenvalue weighted by Crippen LogP contribution is -2.15. The Morgan fingerprint density at radius 3 is 2.61 bits per heavy atom. The van der Waals surface area contributed by atoms with Gasteiger partial charge in [-0.25, -0.2) is 0 Å². The zero-order valence-corrected chi connectivity index (χ0v) is 15.9. The molecule has 28 heavy (non-hydrogen) atoms. The van der Waals surface area contributed by atoms with Crippen molar-refractivity contribution in [3.05, 3.63) is 91.9 Å². The Balaban J connectivity index is 1.83. The minimum Gasteiger partial charge on any atom is -0.313 e. The Morgan fingerprint density at radius 1 is 1.04 bits per heavy atom. The quantitative estimate of drug-likeness (QED) is 0.373. The lowest BCUT2D eigenvalue weighted by atomic mass is 10.1. The number of hydrogen-bond donors (Lipinski definition) is 1. The van der Waals surface area contributed by atoms with Crippen LogP contribution >= 0.6 is 22.7 Å². The van der Waals surface area contributed by atoms with Gasteiger partial charge in [0.1, 0.15) is 5.00 Å². The number of rotatable bonds is 4. The van der Waals surface area contributed by atoms with Gasteiger partial charge in [0.2, 0.25) is 0 Å². The molecule has 4 rings (SSSR count). The summed E-state index contributed by atoms with van der Waals surface area (Å²) in [5.41, 5.74) is 0.251. The summed E-state index contributed by atoms with van der Waals surface area (Å²) in [6.45, 7) is 0. The molecule has 8 heteroatoms. The van der Waals surface area contributed by atoms with Gasteiger partial charge in [0.15, 0.2) is 5.43 Å². The molecule has 2 aromatic carbocycles. The number of benzene rings is 2. The number of amides is 1. The number of hydrogen-bond acceptors (Lipinski definition) is 6. The van der Waals surface area contributed by atoms with Gasteiger partial charge < -0.3 is 5.32 Å². The van der Waals surface area contributed by atoms with Crippen LogP contribution in [0.25, 0.3) is 20.5 Å². The monoisotopic (exact) mass is 408 g/mol. The van der Waals surface area contributed by atoms with E-state index in [-0.39, 0.29) is 16.7 Å².